The van der Waals surface area contributed by atoms with E-state index >= 15 is 0 Å². The maximum Gasteiger partial charge on any atom is 0.335 e. The van der Waals surface area contributed by atoms with Gasteiger partial charge < -0.3 is 10.8 Å². The molecule has 1 heterocycles. The molecule has 0 atom stereocenters. The molecule has 0 saturated carbocycles. The molecule has 96 valence electrons. The van der Waals surface area contributed by atoms with Crippen LogP contribution in [0.5, 0.6) is 0 Å². The van der Waals surface area contributed by atoms with Crippen LogP contribution >= 0.6 is 0 Å². The van der Waals surface area contributed by atoms with Gasteiger partial charge in [-0.1, -0.05) is 11.8 Å². The van der Waals surface area contributed by atoms with Gasteiger partial charge in [-0.25, -0.2) is 9.78 Å². The minimum atomic E-state index is -0.958. The number of hydrogen-bond donors (Lipinski definition) is 2. The number of pyridine rings is 1. The van der Waals surface area contributed by atoms with Crippen LogP contribution in [0.3, 0.4) is 0 Å². The van der Waals surface area contributed by atoms with Crippen molar-refractivity contribution in [1.82, 2.24) is 4.98 Å². The molecule has 1 aromatic heterocycles. The van der Waals surface area contributed by atoms with Crippen LogP contribution in [0.4, 0.5) is 5.82 Å². The molecule has 2 aromatic rings. The van der Waals surface area contributed by atoms with E-state index in [0.717, 1.165) is 5.56 Å². The van der Waals surface area contributed by atoms with Crippen molar-refractivity contribution < 1.29 is 9.90 Å². The molecule has 3 N–H and O–H groups in total. The van der Waals surface area contributed by atoms with E-state index in [-0.39, 0.29) is 5.56 Å². The van der Waals surface area contributed by atoms with Crippen LogP contribution in [-0.4, -0.2) is 16.1 Å². The summed E-state index contributed by atoms with van der Waals surface area (Å²) in [5.74, 6) is 10.5. The van der Waals surface area contributed by atoms with Crippen molar-refractivity contribution in [2.75, 3.05) is 5.73 Å². The van der Waals surface area contributed by atoms with E-state index in [0.29, 0.717) is 11.4 Å². The summed E-state index contributed by atoms with van der Waals surface area (Å²) in [7, 11) is 0. The Labute approximate surface area is 116 Å². The monoisotopic (exact) mass is 262 g/mol. The number of nitrogen functional groups attached to an aromatic ring is 1. The lowest BCUT2D eigenvalue weighted by Crippen LogP contribution is -1.94. The average Bonchev–Trinajstić information content (AvgIpc) is 2.46. The first-order chi connectivity index (χ1) is 9.65. The first-order valence-electron chi connectivity index (χ1n) is 5.72. The van der Waals surface area contributed by atoms with Crippen LogP contribution in [0.15, 0.2) is 42.6 Å². The second-order valence-electron chi connectivity index (χ2n) is 3.85. The highest BCUT2D eigenvalue weighted by atomic mass is 16.4. The van der Waals surface area contributed by atoms with Crippen LogP contribution in [-0.2, 0) is 0 Å². The summed E-state index contributed by atoms with van der Waals surface area (Å²) in [6.45, 7) is 0. The molecule has 0 spiro atoms. The van der Waals surface area contributed by atoms with E-state index in [4.69, 9.17) is 10.8 Å². The van der Waals surface area contributed by atoms with Gasteiger partial charge >= 0.3 is 5.97 Å². The fourth-order valence-corrected chi connectivity index (χ4v) is 1.38. The SMILES string of the molecule is Nc1ccc(C#CC#Cc2ccc(C(=O)O)cc2)cn1. The number of aromatic nitrogens is 1. The molecule has 0 amide bonds. The summed E-state index contributed by atoms with van der Waals surface area (Å²) in [5, 5.41) is 8.76. The Hall–Kier alpha value is -3.24. The summed E-state index contributed by atoms with van der Waals surface area (Å²) in [5.41, 5.74) is 7.13. The van der Waals surface area contributed by atoms with Gasteiger partial charge in [0.2, 0.25) is 0 Å². The molecule has 0 aliphatic rings. The van der Waals surface area contributed by atoms with E-state index in [9.17, 15) is 4.79 Å². The molecule has 20 heavy (non-hydrogen) atoms. The highest BCUT2D eigenvalue weighted by Crippen LogP contribution is 2.03. The molecule has 0 radical (unpaired) electrons. The number of hydrogen-bond acceptors (Lipinski definition) is 3. The second-order valence-corrected chi connectivity index (χ2v) is 3.85. The Morgan fingerprint density at radius 1 is 1.00 bits per heavy atom. The van der Waals surface area contributed by atoms with E-state index < -0.39 is 5.97 Å². The number of nitrogens with zero attached hydrogens (tertiary/aromatic N) is 1. The molecule has 0 fully saturated rings. The third-order valence-electron chi connectivity index (χ3n) is 2.39. The van der Waals surface area contributed by atoms with E-state index in [1.807, 2.05) is 0 Å². The van der Waals surface area contributed by atoms with Crippen molar-refractivity contribution in [2.24, 2.45) is 0 Å². The third-order valence-corrected chi connectivity index (χ3v) is 2.39. The van der Waals surface area contributed by atoms with Crippen molar-refractivity contribution >= 4 is 11.8 Å². The summed E-state index contributed by atoms with van der Waals surface area (Å²) >= 11 is 0. The van der Waals surface area contributed by atoms with Crippen molar-refractivity contribution in [1.29, 1.82) is 0 Å². The van der Waals surface area contributed by atoms with Gasteiger partial charge in [0.1, 0.15) is 5.82 Å². The van der Waals surface area contributed by atoms with Gasteiger partial charge in [-0.3, -0.25) is 0 Å². The molecule has 0 unspecified atom stereocenters. The van der Waals surface area contributed by atoms with Gasteiger partial charge in [0.25, 0.3) is 0 Å². The number of benzene rings is 1. The maximum atomic E-state index is 10.7. The van der Waals surface area contributed by atoms with Gasteiger partial charge in [-0.05, 0) is 48.2 Å². The van der Waals surface area contributed by atoms with Gasteiger partial charge in [-0.2, -0.15) is 0 Å². The molecule has 0 aliphatic heterocycles. The zero-order valence-electron chi connectivity index (χ0n) is 10.4. The van der Waals surface area contributed by atoms with Crippen LogP contribution in [0.2, 0.25) is 0 Å². The number of aromatic carboxylic acids is 1. The van der Waals surface area contributed by atoms with Crippen molar-refractivity contribution in [2.45, 2.75) is 0 Å². The van der Waals surface area contributed by atoms with E-state index in [1.165, 1.54) is 12.1 Å². The molecule has 4 heteroatoms. The Balaban J connectivity index is 2.08. The minimum absolute atomic E-state index is 0.231. The molecular formula is C16H10N2O2. The third kappa shape index (κ3) is 3.63. The Kier molecular flexibility index (Phi) is 4.01. The molecule has 2 rings (SSSR count). The van der Waals surface area contributed by atoms with Crippen LogP contribution in [0, 0.1) is 23.7 Å². The zero-order chi connectivity index (χ0) is 14.4. The zero-order valence-corrected chi connectivity index (χ0v) is 10.4. The number of carbonyl (C=O) groups is 1. The van der Waals surface area contributed by atoms with Gasteiger partial charge in [0.15, 0.2) is 0 Å². The highest BCUT2D eigenvalue weighted by Gasteiger charge is 1.99. The lowest BCUT2D eigenvalue weighted by Gasteiger charge is -1.92. The summed E-state index contributed by atoms with van der Waals surface area (Å²) in [6.07, 6.45) is 1.58. The van der Waals surface area contributed by atoms with Gasteiger partial charge in [0.05, 0.1) is 5.56 Å². The number of anilines is 1. The van der Waals surface area contributed by atoms with Gasteiger partial charge in [-0.15, -0.1) is 0 Å². The maximum absolute atomic E-state index is 10.7. The normalized spacial score (nSPS) is 8.80. The first kappa shape index (κ1) is 13.2. The molecule has 1 aromatic carbocycles. The number of carboxylic acid groups (broad SMARTS) is 1. The Morgan fingerprint density at radius 2 is 1.60 bits per heavy atom. The largest absolute Gasteiger partial charge is 0.478 e. The first-order valence-corrected chi connectivity index (χ1v) is 5.72. The standard InChI is InChI=1S/C16H10N2O2/c17-15-10-7-13(11-18-15)4-2-1-3-12-5-8-14(9-6-12)16(19)20/h5-11H,(H2,17,18)(H,19,20). The topological polar surface area (TPSA) is 76.2 Å². The Bertz CT molecular complexity index is 740. The molecule has 4 nitrogen and oxygen atoms in total. The second kappa shape index (κ2) is 6.08. The number of rotatable bonds is 1. The van der Waals surface area contributed by atoms with E-state index in [1.54, 1.807) is 30.5 Å². The fraction of sp³-hybridized carbons (Fsp3) is 0. The quantitative estimate of drug-likeness (QED) is 0.768. The average molecular weight is 262 g/mol. The van der Waals surface area contributed by atoms with Gasteiger partial charge in [0, 0.05) is 17.3 Å². The fourth-order valence-electron chi connectivity index (χ4n) is 1.38. The minimum Gasteiger partial charge on any atom is -0.478 e. The lowest BCUT2D eigenvalue weighted by molar-refractivity contribution is 0.0697. The summed E-state index contributed by atoms with van der Waals surface area (Å²) in [4.78, 5) is 14.6. The molecule has 0 saturated heterocycles. The summed E-state index contributed by atoms with van der Waals surface area (Å²) < 4.78 is 0. The smallest absolute Gasteiger partial charge is 0.335 e. The van der Waals surface area contributed by atoms with Crippen LogP contribution < -0.4 is 5.73 Å². The lowest BCUT2D eigenvalue weighted by atomic mass is 10.1. The molecular weight excluding hydrogens is 252 g/mol. The van der Waals surface area contributed by atoms with Crippen molar-refractivity contribution in [3.05, 3.63) is 59.3 Å². The molecule has 0 bridgehead atoms. The van der Waals surface area contributed by atoms with Crippen LogP contribution in [0.1, 0.15) is 21.5 Å². The highest BCUT2D eigenvalue weighted by molar-refractivity contribution is 5.87. The Morgan fingerprint density at radius 3 is 2.15 bits per heavy atom. The van der Waals surface area contributed by atoms with Crippen molar-refractivity contribution in [3.63, 3.8) is 0 Å². The summed E-state index contributed by atoms with van der Waals surface area (Å²) in [6, 6.07) is 9.72. The van der Waals surface area contributed by atoms with E-state index in [2.05, 4.69) is 28.7 Å². The number of carboxylic acids is 1. The predicted molar refractivity (Wildman–Crippen MR) is 75.8 cm³/mol. The number of nitrogens with two attached hydrogens (primary N) is 1. The van der Waals surface area contributed by atoms with Crippen LogP contribution in [0.25, 0.3) is 0 Å². The molecule has 0 aliphatic carbocycles. The van der Waals surface area contributed by atoms with Crippen molar-refractivity contribution in [3.8, 4) is 23.7 Å². The predicted octanol–water partition coefficient (Wildman–Crippen LogP) is 1.77.